The fourth-order valence-electron chi connectivity index (χ4n) is 6.99. The molecule has 0 aromatic heterocycles. The van der Waals surface area contributed by atoms with Crippen LogP contribution in [0.2, 0.25) is 0 Å². The average Bonchev–Trinajstić information content (AvgIpc) is 3.27. The second-order valence-corrected chi connectivity index (χ2v) is 23.6. The largest absolute Gasteiger partial charge is 1.00 e. The molecule has 0 aliphatic rings. The zero-order valence-corrected chi connectivity index (χ0v) is 50.6. The number of rotatable bonds is 8. The molecule has 8 aromatic rings. The van der Waals surface area contributed by atoms with Crippen LogP contribution in [-0.2, 0) is 40.5 Å². The molecule has 22 nitrogen and oxygen atoms in total. The van der Waals surface area contributed by atoms with Crippen LogP contribution in [0.3, 0.4) is 0 Å². The molecule has 0 fully saturated rings. The Kier molecular flexibility index (Phi) is 18.9. The predicted octanol–water partition coefficient (Wildman–Crippen LogP) is 3.46. The molecule has 0 aliphatic heterocycles. The molecule has 8 aromatic carbocycles. The Morgan fingerprint density at radius 2 is 0.581 bits per heavy atom. The summed E-state index contributed by atoms with van der Waals surface area (Å²) >= 11 is 11.7. The Morgan fingerprint density at radius 1 is 0.378 bits per heavy atom. The van der Waals surface area contributed by atoms with E-state index in [2.05, 4.69) is 85.0 Å². The van der Waals surface area contributed by atoms with Gasteiger partial charge in [0.15, 0.2) is 0 Å². The van der Waals surface area contributed by atoms with Gasteiger partial charge in [-0.3, -0.25) is 9.11 Å². The first-order valence-corrected chi connectivity index (χ1v) is 28.0. The van der Waals surface area contributed by atoms with Crippen LogP contribution in [0.25, 0.3) is 43.1 Å². The molecule has 10 N–H and O–H groups in total. The van der Waals surface area contributed by atoms with Gasteiger partial charge in [0.05, 0.1) is 27.7 Å². The number of benzene rings is 8. The van der Waals surface area contributed by atoms with Gasteiger partial charge in [-0.15, -0.1) is 0 Å². The van der Waals surface area contributed by atoms with E-state index in [1.807, 2.05) is 0 Å². The van der Waals surface area contributed by atoms with Gasteiger partial charge >= 0.3 is 71.2 Å². The summed E-state index contributed by atoms with van der Waals surface area (Å²) in [5.41, 5.74) is 0.828. The molecule has 0 bridgehead atoms. The first-order valence-electron chi connectivity index (χ1n) is 19.2. The number of fused-ring (bicyclic) bond motifs is 4. The monoisotopic (exact) mass is 1360 g/mol. The van der Waals surface area contributed by atoms with Gasteiger partial charge in [-0.25, -0.2) is 26.4 Å². The van der Waals surface area contributed by atoms with Crippen molar-refractivity contribution < 1.29 is 141 Å². The van der Waals surface area contributed by atoms with E-state index in [9.17, 15) is 81.9 Å². The number of carbonyl (C=O) groups is 2. The van der Waals surface area contributed by atoms with Gasteiger partial charge in [-0.1, -0.05) is 0 Å². The quantitative estimate of drug-likeness (QED) is 0.0769. The second-order valence-electron chi connectivity index (χ2n) is 14.9. The minimum Gasteiger partial charge on any atom is -0.744 e. The number of aromatic hydroxyl groups is 4. The number of amides is 4. The third-order valence-corrected chi connectivity index (χ3v) is 17.9. The standard InChI is InChI=1S/2C21H14Br2N2O9S2.2Na/c2*22-17-15(35(29,30)31)7-9-5-11(1-3-13(9)19(17)26)24-21(28)25-12-2-4-14-10(6-12)8-16(36(32,33)34)18(23)20(14)27;;/h2*1-8,26-27H,(H2,24,25,28)(H,29,30,31)(H,32,33,34);;/q;;2*+1/p-2. The van der Waals surface area contributed by atoms with Gasteiger partial charge in [-0.05, 0) is 182 Å². The van der Waals surface area contributed by atoms with Gasteiger partial charge in [-0.2, -0.15) is 16.8 Å². The maximum absolute atomic E-state index is 12.5. The summed E-state index contributed by atoms with van der Waals surface area (Å²) in [7, 11) is -19.1. The minimum absolute atomic E-state index is 0. The molecule has 0 saturated heterocycles. The molecule has 0 spiro atoms. The van der Waals surface area contributed by atoms with Crippen molar-refractivity contribution in [3.8, 4) is 23.0 Å². The Balaban J connectivity index is 0.000000267. The van der Waals surface area contributed by atoms with Gasteiger partial charge in [0.2, 0.25) is 0 Å². The number of phenolic OH excluding ortho intramolecular Hbond substituents is 4. The number of hydrogen-bond donors (Lipinski definition) is 10. The fraction of sp³-hybridized carbons (Fsp3) is 0. The molecule has 0 atom stereocenters. The van der Waals surface area contributed by atoms with Crippen LogP contribution >= 0.6 is 63.7 Å². The van der Waals surface area contributed by atoms with Crippen molar-refractivity contribution >= 4 is 182 Å². The summed E-state index contributed by atoms with van der Waals surface area (Å²) in [4.78, 5) is 22.6. The van der Waals surface area contributed by atoms with Crippen LogP contribution in [0.1, 0.15) is 0 Å². The number of phenols is 4. The van der Waals surface area contributed by atoms with Crippen LogP contribution < -0.4 is 80.4 Å². The molecule has 0 unspecified atom stereocenters. The third kappa shape index (κ3) is 13.3. The average molecular weight is 1370 g/mol. The number of halogens is 4. The molecule has 4 amide bonds. The Labute approximate surface area is 496 Å². The van der Waals surface area contributed by atoms with Crippen molar-refractivity contribution in [2.24, 2.45) is 0 Å². The molecular formula is C42H26Br4N4Na2O18S4. The Hall–Kier alpha value is -3.90. The zero-order chi connectivity index (χ0) is 53.2. The molecular weight excluding hydrogens is 1340 g/mol. The molecule has 376 valence electrons. The summed E-state index contributed by atoms with van der Waals surface area (Å²) in [6.07, 6.45) is 0. The van der Waals surface area contributed by atoms with E-state index in [0.717, 1.165) is 24.3 Å². The molecule has 0 radical (unpaired) electrons. The maximum atomic E-state index is 12.5. The van der Waals surface area contributed by atoms with Gasteiger partial charge < -0.3 is 50.8 Å². The second kappa shape index (κ2) is 23.0. The van der Waals surface area contributed by atoms with E-state index in [-0.39, 0.29) is 143 Å². The first kappa shape index (κ1) is 61.0. The van der Waals surface area contributed by atoms with Crippen LogP contribution in [0.15, 0.2) is 135 Å². The van der Waals surface area contributed by atoms with Crippen LogP contribution in [0.4, 0.5) is 32.3 Å². The smallest absolute Gasteiger partial charge is 0.744 e. The van der Waals surface area contributed by atoms with E-state index in [4.69, 9.17) is 0 Å². The number of hydrogen-bond acceptors (Lipinski definition) is 16. The molecule has 32 heteroatoms. The predicted molar refractivity (Wildman–Crippen MR) is 274 cm³/mol. The fourth-order valence-corrected chi connectivity index (χ4v) is 13.1. The summed E-state index contributed by atoms with van der Waals surface area (Å²) in [6, 6.07) is 19.8. The van der Waals surface area contributed by atoms with Crippen LogP contribution in [0.5, 0.6) is 23.0 Å². The van der Waals surface area contributed by atoms with Crippen LogP contribution in [-0.4, -0.2) is 84.4 Å². The van der Waals surface area contributed by atoms with Crippen molar-refractivity contribution in [2.45, 2.75) is 19.6 Å². The number of anilines is 4. The summed E-state index contributed by atoms with van der Waals surface area (Å²) in [6.45, 7) is 0. The zero-order valence-electron chi connectivity index (χ0n) is 37.0. The number of nitrogens with one attached hydrogen (secondary N) is 4. The summed E-state index contributed by atoms with van der Waals surface area (Å²) < 4.78 is 133. The van der Waals surface area contributed by atoms with E-state index < -0.39 is 95.1 Å². The van der Waals surface area contributed by atoms with Crippen molar-refractivity contribution in [1.29, 1.82) is 0 Å². The van der Waals surface area contributed by atoms with Crippen molar-refractivity contribution in [3.05, 3.63) is 115 Å². The van der Waals surface area contributed by atoms with Gasteiger partial charge in [0.1, 0.15) is 53.0 Å². The number of carbonyl (C=O) groups excluding carboxylic acids is 2. The number of urea groups is 2. The van der Waals surface area contributed by atoms with Gasteiger partial charge in [0.25, 0.3) is 20.2 Å². The molecule has 0 aliphatic carbocycles. The third-order valence-electron chi connectivity index (χ3n) is 10.2. The van der Waals surface area contributed by atoms with E-state index in [0.29, 0.717) is 0 Å². The van der Waals surface area contributed by atoms with Crippen molar-refractivity contribution in [1.82, 2.24) is 0 Å². The SMILES string of the molecule is O=C(Nc1ccc2c(O)c(Br)c(S(=O)(=O)[O-])cc2c1)Nc1ccc2c(O)c(Br)c(S(=O)(=O)O)cc2c1.O=C(Nc1ccc2c(O)c(Br)c(S(=O)(=O)[O-])cc2c1)Nc1ccc2c(O)c(Br)c(S(=O)(=O)O)cc2c1.[Na+].[Na+]. The van der Waals surface area contributed by atoms with Crippen LogP contribution in [0, 0.1) is 0 Å². The topological polar surface area (TPSA) is 386 Å². The van der Waals surface area contributed by atoms with Crippen molar-refractivity contribution in [3.63, 3.8) is 0 Å². The normalized spacial score (nSPS) is 11.8. The van der Waals surface area contributed by atoms with Crippen molar-refractivity contribution in [2.75, 3.05) is 21.3 Å². The Morgan fingerprint density at radius 3 is 0.784 bits per heavy atom. The molecule has 0 heterocycles. The first-order chi connectivity index (χ1) is 33.3. The van der Waals surface area contributed by atoms with E-state index >= 15 is 0 Å². The summed E-state index contributed by atoms with van der Waals surface area (Å²) in [5, 5.41) is 52.8. The minimum atomic E-state index is -4.89. The summed E-state index contributed by atoms with van der Waals surface area (Å²) in [5.74, 6) is -1.73. The maximum Gasteiger partial charge on any atom is 1.00 e. The Bertz CT molecular complexity index is 3630. The van der Waals surface area contributed by atoms with Gasteiger partial charge in [0, 0.05) is 44.3 Å². The molecule has 74 heavy (non-hydrogen) atoms. The molecule has 0 saturated carbocycles. The van der Waals surface area contributed by atoms with E-state index in [1.54, 1.807) is 0 Å². The molecule has 8 rings (SSSR count). The van der Waals surface area contributed by atoms with E-state index in [1.165, 1.54) is 72.8 Å².